The number of phenols is 1. The summed E-state index contributed by atoms with van der Waals surface area (Å²) in [7, 11) is 0. The lowest BCUT2D eigenvalue weighted by Gasteiger charge is -2.30. The summed E-state index contributed by atoms with van der Waals surface area (Å²) >= 11 is 0. The molecule has 17 heavy (non-hydrogen) atoms. The number of hydrogen-bond acceptors (Lipinski definition) is 2. The van der Waals surface area contributed by atoms with Crippen molar-refractivity contribution in [3.63, 3.8) is 0 Å². The van der Waals surface area contributed by atoms with Crippen molar-refractivity contribution in [1.29, 1.82) is 0 Å². The summed E-state index contributed by atoms with van der Waals surface area (Å²) in [6, 6.07) is 4.15. The Balaban J connectivity index is 2.92. The molecule has 3 heteroatoms. The summed E-state index contributed by atoms with van der Waals surface area (Å²) in [4.78, 5) is 2.24. The molecule has 0 heterocycles. The first-order valence-corrected chi connectivity index (χ1v) is 6.18. The van der Waals surface area contributed by atoms with Crippen molar-refractivity contribution in [2.45, 2.75) is 33.7 Å². The van der Waals surface area contributed by atoms with E-state index >= 15 is 0 Å². The molecule has 1 atom stereocenters. The highest BCUT2D eigenvalue weighted by Gasteiger charge is 2.18. The first-order valence-electron chi connectivity index (χ1n) is 6.18. The zero-order chi connectivity index (χ0) is 13.0. The van der Waals surface area contributed by atoms with Gasteiger partial charge in [0, 0.05) is 18.2 Å². The summed E-state index contributed by atoms with van der Waals surface area (Å²) in [5.74, 6) is 0.416. The second-order valence-corrected chi connectivity index (χ2v) is 4.86. The molecule has 1 N–H and O–H groups in total. The minimum Gasteiger partial charge on any atom is -0.508 e. The van der Waals surface area contributed by atoms with E-state index < -0.39 is 0 Å². The van der Waals surface area contributed by atoms with Gasteiger partial charge in [-0.1, -0.05) is 20.8 Å². The summed E-state index contributed by atoms with van der Waals surface area (Å²) < 4.78 is 13.2. The van der Waals surface area contributed by atoms with E-state index in [1.54, 1.807) is 0 Å². The molecule has 1 aromatic carbocycles. The van der Waals surface area contributed by atoms with Gasteiger partial charge in [0.05, 0.1) is 0 Å². The molecule has 96 valence electrons. The number of phenolic OH excluding ortho intramolecular Hbond substituents is 1. The molecule has 1 rings (SSSR count). The van der Waals surface area contributed by atoms with Crippen LogP contribution in [0.4, 0.5) is 4.39 Å². The van der Waals surface area contributed by atoms with Crippen LogP contribution >= 0.6 is 0 Å². The maximum atomic E-state index is 13.2. The van der Waals surface area contributed by atoms with Crippen LogP contribution < -0.4 is 0 Å². The van der Waals surface area contributed by atoms with Crippen LogP contribution in [0.15, 0.2) is 18.2 Å². The second kappa shape index (κ2) is 6.01. The third-order valence-corrected chi connectivity index (χ3v) is 2.99. The summed E-state index contributed by atoms with van der Waals surface area (Å²) in [6.07, 6.45) is 0. The second-order valence-electron chi connectivity index (χ2n) is 4.86. The number of hydrogen-bond donors (Lipinski definition) is 1. The minimum atomic E-state index is -0.301. The third kappa shape index (κ3) is 3.70. The molecule has 2 nitrogen and oxygen atoms in total. The maximum Gasteiger partial charge on any atom is 0.123 e. The Bertz CT molecular complexity index is 365. The van der Waals surface area contributed by atoms with Gasteiger partial charge in [-0.15, -0.1) is 0 Å². The van der Waals surface area contributed by atoms with Crippen LogP contribution in [0.3, 0.4) is 0 Å². The zero-order valence-electron chi connectivity index (χ0n) is 11.1. The van der Waals surface area contributed by atoms with Gasteiger partial charge in [-0.05, 0) is 37.6 Å². The van der Waals surface area contributed by atoms with Crippen molar-refractivity contribution in [2.75, 3.05) is 13.1 Å². The van der Waals surface area contributed by atoms with Crippen molar-refractivity contribution >= 4 is 0 Å². The Morgan fingerprint density at radius 1 is 1.29 bits per heavy atom. The van der Waals surface area contributed by atoms with Gasteiger partial charge in [0.2, 0.25) is 0 Å². The van der Waals surface area contributed by atoms with Crippen molar-refractivity contribution in [3.8, 4) is 5.75 Å². The molecule has 0 saturated carbocycles. The molecule has 0 fully saturated rings. The van der Waals surface area contributed by atoms with Crippen LogP contribution in [0.25, 0.3) is 0 Å². The molecular weight excluding hydrogens is 217 g/mol. The Hall–Kier alpha value is -1.09. The summed E-state index contributed by atoms with van der Waals surface area (Å²) in [5, 5.41) is 9.79. The lowest BCUT2D eigenvalue weighted by atomic mass is 10.0. The minimum absolute atomic E-state index is 0.0260. The molecule has 0 spiro atoms. The van der Waals surface area contributed by atoms with Crippen LogP contribution in [0.5, 0.6) is 5.75 Å². The Labute approximate surface area is 103 Å². The van der Waals surface area contributed by atoms with Crippen molar-refractivity contribution in [2.24, 2.45) is 5.92 Å². The molecule has 0 aliphatic carbocycles. The highest BCUT2D eigenvalue weighted by molar-refractivity contribution is 5.34. The third-order valence-electron chi connectivity index (χ3n) is 2.99. The average molecular weight is 239 g/mol. The largest absolute Gasteiger partial charge is 0.508 e. The van der Waals surface area contributed by atoms with Crippen LogP contribution in [0, 0.1) is 11.7 Å². The zero-order valence-corrected chi connectivity index (χ0v) is 11.1. The standard InChI is InChI=1S/C14H22FNO/c1-5-16(9-10(2)3)11(4)13-8-12(15)6-7-14(13)17/h6-8,10-11,17H,5,9H2,1-4H3. The van der Waals surface area contributed by atoms with E-state index in [1.807, 2.05) is 6.92 Å². The number of nitrogens with zero attached hydrogens (tertiary/aromatic N) is 1. The topological polar surface area (TPSA) is 23.5 Å². The Kier molecular flexibility index (Phi) is 4.94. The van der Waals surface area contributed by atoms with E-state index in [4.69, 9.17) is 0 Å². The SMILES string of the molecule is CCN(CC(C)C)C(C)c1cc(F)ccc1O. The molecule has 0 aliphatic heterocycles. The molecule has 1 aromatic rings. The molecule has 0 saturated heterocycles. The van der Waals surface area contributed by atoms with Gasteiger partial charge in [-0.3, -0.25) is 4.90 Å². The van der Waals surface area contributed by atoms with Gasteiger partial charge in [0.1, 0.15) is 11.6 Å². The van der Waals surface area contributed by atoms with Crippen molar-refractivity contribution in [1.82, 2.24) is 4.90 Å². The van der Waals surface area contributed by atoms with Crippen LogP contribution in [-0.4, -0.2) is 23.1 Å². The maximum absolute atomic E-state index is 13.2. The van der Waals surface area contributed by atoms with E-state index in [0.29, 0.717) is 11.5 Å². The fourth-order valence-corrected chi connectivity index (χ4v) is 2.09. The van der Waals surface area contributed by atoms with Crippen molar-refractivity contribution in [3.05, 3.63) is 29.6 Å². The normalized spacial score (nSPS) is 13.4. The van der Waals surface area contributed by atoms with Crippen LogP contribution in [-0.2, 0) is 0 Å². The number of rotatable bonds is 5. The predicted molar refractivity (Wildman–Crippen MR) is 68.6 cm³/mol. The van der Waals surface area contributed by atoms with Gasteiger partial charge in [0.15, 0.2) is 0 Å². The molecule has 1 unspecified atom stereocenters. The first kappa shape index (κ1) is 14.0. The van der Waals surface area contributed by atoms with Crippen molar-refractivity contribution < 1.29 is 9.50 Å². The molecule has 0 aliphatic rings. The lowest BCUT2D eigenvalue weighted by Crippen LogP contribution is -2.30. The summed E-state index contributed by atoms with van der Waals surface area (Å²) in [6.45, 7) is 10.2. The molecule has 0 amide bonds. The van der Waals surface area contributed by atoms with Crippen LogP contribution in [0.1, 0.15) is 39.3 Å². The molecule has 0 bridgehead atoms. The van der Waals surface area contributed by atoms with E-state index in [2.05, 4.69) is 25.7 Å². The first-order chi connectivity index (χ1) is 7.95. The lowest BCUT2D eigenvalue weighted by molar-refractivity contribution is 0.194. The summed E-state index contributed by atoms with van der Waals surface area (Å²) in [5.41, 5.74) is 0.660. The van der Waals surface area contributed by atoms with Gasteiger partial charge < -0.3 is 5.11 Å². The fourth-order valence-electron chi connectivity index (χ4n) is 2.09. The Morgan fingerprint density at radius 3 is 2.47 bits per heavy atom. The quantitative estimate of drug-likeness (QED) is 0.849. The number of halogens is 1. The molecule has 0 aromatic heterocycles. The Morgan fingerprint density at radius 2 is 1.94 bits per heavy atom. The number of benzene rings is 1. The van der Waals surface area contributed by atoms with Gasteiger partial charge >= 0.3 is 0 Å². The van der Waals surface area contributed by atoms with E-state index in [0.717, 1.165) is 13.1 Å². The van der Waals surface area contributed by atoms with Gasteiger partial charge in [-0.25, -0.2) is 4.39 Å². The van der Waals surface area contributed by atoms with E-state index in [9.17, 15) is 9.50 Å². The van der Waals surface area contributed by atoms with E-state index in [-0.39, 0.29) is 17.6 Å². The monoisotopic (exact) mass is 239 g/mol. The van der Waals surface area contributed by atoms with Gasteiger partial charge in [0.25, 0.3) is 0 Å². The van der Waals surface area contributed by atoms with Crippen LogP contribution in [0.2, 0.25) is 0 Å². The average Bonchev–Trinajstić information content (AvgIpc) is 2.28. The smallest absolute Gasteiger partial charge is 0.123 e. The highest BCUT2D eigenvalue weighted by atomic mass is 19.1. The number of aromatic hydroxyl groups is 1. The van der Waals surface area contributed by atoms with Gasteiger partial charge in [-0.2, -0.15) is 0 Å². The fraction of sp³-hybridized carbons (Fsp3) is 0.571. The highest BCUT2D eigenvalue weighted by Crippen LogP contribution is 2.29. The molecule has 0 radical (unpaired) electrons. The predicted octanol–water partition coefficient (Wildman–Crippen LogP) is 3.57. The van der Waals surface area contributed by atoms with E-state index in [1.165, 1.54) is 18.2 Å². The molecular formula is C14H22FNO.